The molecule has 7 heteroatoms. The first-order chi connectivity index (χ1) is 16.6. The Morgan fingerprint density at radius 3 is 2.88 bits per heavy atom. The molecule has 2 aromatic heterocycles. The predicted molar refractivity (Wildman–Crippen MR) is 135 cm³/mol. The number of rotatable bonds is 5. The number of fused-ring (bicyclic) bond motifs is 1. The van der Waals surface area contributed by atoms with Gasteiger partial charge in [0.1, 0.15) is 11.6 Å². The van der Waals surface area contributed by atoms with Crippen LogP contribution in [0.5, 0.6) is 0 Å². The van der Waals surface area contributed by atoms with Crippen molar-refractivity contribution in [2.75, 3.05) is 18.4 Å². The number of halogens is 2. The summed E-state index contributed by atoms with van der Waals surface area (Å²) in [6.45, 7) is 2.83. The van der Waals surface area contributed by atoms with Gasteiger partial charge in [0.25, 0.3) is 0 Å². The van der Waals surface area contributed by atoms with Crippen molar-refractivity contribution in [2.45, 2.75) is 38.3 Å². The summed E-state index contributed by atoms with van der Waals surface area (Å²) in [4.78, 5) is 9.06. The quantitative estimate of drug-likeness (QED) is 0.378. The number of nitrogens with zero attached hydrogens (tertiary/aromatic N) is 3. The minimum absolute atomic E-state index is 0.233. The SMILES string of the molecule is Fc1cccc(Cn2cnc3ccc(-c4cc(N[C@H]5C[C@@]6(CCCNC6)C5)ncc4Cl)cc32)c1. The van der Waals surface area contributed by atoms with Gasteiger partial charge in [-0.15, -0.1) is 0 Å². The fourth-order valence-corrected chi connectivity index (χ4v) is 5.81. The monoisotopic (exact) mass is 475 g/mol. The zero-order valence-corrected chi connectivity index (χ0v) is 19.7. The topological polar surface area (TPSA) is 54.8 Å². The van der Waals surface area contributed by atoms with Crippen molar-refractivity contribution in [2.24, 2.45) is 5.41 Å². The third-order valence-corrected chi connectivity index (χ3v) is 7.60. The molecule has 34 heavy (non-hydrogen) atoms. The molecular formula is C27H27ClFN5. The maximum absolute atomic E-state index is 13.6. The van der Waals surface area contributed by atoms with Crippen molar-refractivity contribution < 1.29 is 4.39 Å². The normalized spacial score (nSPS) is 22.1. The molecule has 1 aliphatic carbocycles. The van der Waals surface area contributed by atoms with Gasteiger partial charge >= 0.3 is 0 Å². The number of piperidine rings is 1. The standard InChI is InChI=1S/C27H27ClFN5/c28-23-14-31-26(33-21-12-27(13-21)7-2-8-30-16-27)11-22(23)19-5-6-24-25(10-19)34(17-32-24)15-18-3-1-4-20(29)9-18/h1,3-6,9-11,14,17,21,30H,2,7-8,12-13,15-16H2,(H,31,33)/t21-,27-. The Labute approximate surface area is 203 Å². The highest BCUT2D eigenvalue weighted by Gasteiger charge is 2.44. The molecule has 5 nitrogen and oxygen atoms in total. The molecule has 6 rings (SSSR count). The summed E-state index contributed by atoms with van der Waals surface area (Å²) in [6.07, 6.45) is 8.49. The zero-order valence-electron chi connectivity index (χ0n) is 18.9. The molecule has 1 spiro atoms. The van der Waals surface area contributed by atoms with Gasteiger partial charge in [0.15, 0.2) is 0 Å². The lowest BCUT2D eigenvalue weighted by Crippen LogP contribution is -2.53. The maximum atomic E-state index is 13.6. The fourth-order valence-electron chi connectivity index (χ4n) is 5.60. The highest BCUT2D eigenvalue weighted by atomic mass is 35.5. The molecule has 0 amide bonds. The summed E-state index contributed by atoms with van der Waals surface area (Å²) < 4.78 is 15.7. The van der Waals surface area contributed by atoms with Crippen LogP contribution in [0.2, 0.25) is 5.02 Å². The van der Waals surface area contributed by atoms with Crippen LogP contribution in [-0.2, 0) is 6.54 Å². The second kappa shape index (κ2) is 8.67. The van der Waals surface area contributed by atoms with Crippen LogP contribution in [0.4, 0.5) is 10.2 Å². The largest absolute Gasteiger partial charge is 0.367 e. The number of nitrogens with one attached hydrogen (secondary N) is 2. The van der Waals surface area contributed by atoms with Gasteiger partial charge < -0.3 is 15.2 Å². The van der Waals surface area contributed by atoms with Crippen molar-refractivity contribution >= 4 is 28.5 Å². The number of imidazole rings is 1. The number of benzene rings is 2. The van der Waals surface area contributed by atoms with E-state index >= 15 is 0 Å². The minimum atomic E-state index is -0.233. The summed E-state index contributed by atoms with van der Waals surface area (Å²) in [5.74, 6) is 0.625. The van der Waals surface area contributed by atoms with Crippen LogP contribution in [-0.4, -0.2) is 33.7 Å². The third-order valence-electron chi connectivity index (χ3n) is 7.30. The molecule has 1 saturated carbocycles. The number of anilines is 1. The Morgan fingerprint density at radius 1 is 1.15 bits per heavy atom. The molecule has 2 aromatic carbocycles. The van der Waals surface area contributed by atoms with Gasteiger partial charge in [-0.1, -0.05) is 29.8 Å². The van der Waals surface area contributed by atoms with Gasteiger partial charge in [0.05, 0.1) is 22.4 Å². The lowest BCUT2D eigenvalue weighted by molar-refractivity contribution is 0.0786. The summed E-state index contributed by atoms with van der Waals surface area (Å²) in [5.41, 5.74) is 5.18. The maximum Gasteiger partial charge on any atom is 0.126 e. The average Bonchev–Trinajstić information content (AvgIpc) is 3.22. The molecule has 0 bridgehead atoms. The molecular weight excluding hydrogens is 449 g/mol. The summed E-state index contributed by atoms with van der Waals surface area (Å²) in [6, 6.07) is 15.3. The Morgan fingerprint density at radius 2 is 2.06 bits per heavy atom. The third kappa shape index (κ3) is 4.17. The van der Waals surface area contributed by atoms with Crippen LogP contribution in [0.15, 0.2) is 61.1 Å². The smallest absolute Gasteiger partial charge is 0.126 e. The number of pyridine rings is 1. The second-order valence-electron chi connectivity index (χ2n) is 9.79. The molecule has 2 N–H and O–H groups in total. The second-order valence-corrected chi connectivity index (χ2v) is 10.2. The first-order valence-corrected chi connectivity index (χ1v) is 12.3. The van der Waals surface area contributed by atoms with Crippen molar-refractivity contribution in [3.63, 3.8) is 0 Å². The van der Waals surface area contributed by atoms with Crippen molar-refractivity contribution in [1.29, 1.82) is 0 Å². The molecule has 3 heterocycles. The van der Waals surface area contributed by atoms with Crippen LogP contribution < -0.4 is 10.6 Å². The molecule has 174 valence electrons. The molecule has 2 aliphatic rings. The highest BCUT2D eigenvalue weighted by Crippen LogP contribution is 2.47. The first kappa shape index (κ1) is 21.6. The lowest BCUT2D eigenvalue weighted by atomic mass is 9.62. The molecule has 1 saturated heterocycles. The van der Waals surface area contributed by atoms with Crippen LogP contribution in [0.3, 0.4) is 0 Å². The molecule has 1 aliphatic heterocycles. The zero-order chi connectivity index (χ0) is 23.1. The van der Waals surface area contributed by atoms with E-state index in [1.807, 2.05) is 28.8 Å². The molecule has 2 fully saturated rings. The van der Waals surface area contributed by atoms with Gasteiger partial charge in [-0.3, -0.25) is 0 Å². The number of hydrogen-bond acceptors (Lipinski definition) is 4. The molecule has 0 radical (unpaired) electrons. The average molecular weight is 476 g/mol. The highest BCUT2D eigenvalue weighted by molar-refractivity contribution is 6.33. The number of aromatic nitrogens is 3. The Bertz CT molecular complexity index is 1340. The van der Waals surface area contributed by atoms with Crippen LogP contribution in [0, 0.1) is 11.2 Å². The molecule has 4 aromatic rings. The molecule has 0 atom stereocenters. The van der Waals surface area contributed by atoms with E-state index in [1.54, 1.807) is 24.7 Å². The van der Waals surface area contributed by atoms with E-state index in [4.69, 9.17) is 11.6 Å². The van der Waals surface area contributed by atoms with Gasteiger partial charge in [0.2, 0.25) is 0 Å². The number of hydrogen-bond donors (Lipinski definition) is 2. The van der Waals surface area contributed by atoms with E-state index < -0.39 is 0 Å². The Hall–Kier alpha value is -2.96. The van der Waals surface area contributed by atoms with Gasteiger partial charge in [-0.25, -0.2) is 14.4 Å². The van der Waals surface area contributed by atoms with Crippen molar-refractivity contribution in [3.05, 3.63) is 77.5 Å². The van der Waals surface area contributed by atoms with E-state index in [2.05, 4.69) is 26.7 Å². The lowest BCUT2D eigenvalue weighted by Gasteiger charge is -2.50. The van der Waals surface area contributed by atoms with Gasteiger partial charge in [-0.05, 0) is 79.1 Å². The Kier molecular flexibility index (Phi) is 5.50. The first-order valence-electron chi connectivity index (χ1n) is 11.9. The Balaban J connectivity index is 1.24. The van der Waals surface area contributed by atoms with Gasteiger partial charge in [-0.2, -0.15) is 0 Å². The van der Waals surface area contributed by atoms with Crippen LogP contribution in [0.25, 0.3) is 22.2 Å². The minimum Gasteiger partial charge on any atom is -0.367 e. The van der Waals surface area contributed by atoms with Crippen LogP contribution in [0.1, 0.15) is 31.2 Å². The summed E-state index contributed by atoms with van der Waals surface area (Å²) >= 11 is 6.58. The van der Waals surface area contributed by atoms with E-state index in [9.17, 15) is 4.39 Å². The van der Waals surface area contributed by atoms with Gasteiger partial charge in [0, 0.05) is 30.9 Å². The van der Waals surface area contributed by atoms with E-state index in [0.717, 1.165) is 46.6 Å². The van der Waals surface area contributed by atoms with Crippen molar-refractivity contribution in [3.8, 4) is 11.1 Å². The van der Waals surface area contributed by atoms with E-state index in [-0.39, 0.29) is 5.82 Å². The van der Waals surface area contributed by atoms with E-state index in [0.29, 0.717) is 23.0 Å². The summed E-state index contributed by atoms with van der Waals surface area (Å²) in [7, 11) is 0. The predicted octanol–water partition coefficient (Wildman–Crippen LogP) is 5.88. The van der Waals surface area contributed by atoms with Crippen LogP contribution >= 0.6 is 11.6 Å². The van der Waals surface area contributed by atoms with Crippen molar-refractivity contribution in [1.82, 2.24) is 19.9 Å². The molecule has 0 unspecified atom stereocenters. The summed E-state index contributed by atoms with van der Waals surface area (Å²) in [5, 5.41) is 7.78. The van der Waals surface area contributed by atoms with E-state index in [1.165, 1.54) is 31.7 Å². The fraction of sp³-hybridized carbons (Fsp3) is 0.333.